The number of halogens is 1. The maximum absolute atomic E-state index is 12.7. The molecule has 0 aliphatic carbocycles. The Morgan fingerprint density at radius 3 is 1.83 bits per heavy atom. The molecule has 0 atom stereocenters. The second-order valence-electron chi connectivity index (χ2n) is 3.80. The van der Waals surface area contributed by atoms with E-state index in [0.717, 1.165) is 0 Å². The molecule has 90 valence electrons. The van der Waals surface area contributed by atoms with Gasteiger partial charge in [0.25, 0.3) is 0 Å². The second-order valence-corrected chi connectivity index (χ2v) is 3.80. The normalized spacial score (nSPS) is 10.2. The van der Waals surface area contributed by atoms with Gasteiger partial charge in [0.15, 0.2) is 0 Å². The quantitative estimate of drug-likeness (QED) is 0.739. The Balaban J connectivity index is 2.03. The van der Waals surface area contributed by atoms with Crippen molar-refractivity contribution < 1.29 is 19.0 Å². The van der Waals surface area contributed by atoms with Gasteiger partial charge in [-0.15, -0.1) is 0 Å². The number of hydrogen-bond acceptors (Lipinski definition) is 3. The van der Waals surface area contributed by atoms with Gasteiger partial charge in [0, 0.05) is 0 Å². The first-order valence-corrected chi connectivity index (χ1v) is 5.49. The van der Waals surface area contributed by atoms with Crippen LogP contribution in [0.15, 0.2) is 54.6 Å². The fourth-order valence-electron chi connectivity index (χ4n) is 1.52. The highest BCUT2D eigenvalue weighted by atomic mass is 19.1. The van der Waals surface area contributed by atoms with E-state index in [-0.39, 0.29) is 0 Å². The summed E-state index contributed by atoms with van der Waals surface area (Å²) in [5.74, 6) is -0.394. The Kier molecular flexibility index (Phi) is 4.15. The van der Waals surface area contributed by atoms with Crippen molar-refractivity contribution in [1.29, 1.82) is 0 Å². The molecule has 0 saturated carbocycles. The summed E-state index contributed by atoms with van der Waals surface area (Å²) in [6.45, 7) is 0. The molecule has 2 aromatic rings. The van der Waals surface area contributed by atoms with Crippen LogP contribution >= 0.6 is 0 Å². The van der Waals surface area contributed by atoms with E-state index < -0.39 is 20.1 Å². The zero-order valence-corrected chi connectivity index (χ0v) is 9.53. The molecule has 6 heteroatoms. The molecule has 18 heavy (non-hydrogen) atoms. The third-order valence-electron chi connectivity index (χ3n) is 2.50. The lowest BCUT2D eigenvalue weighted by Gasteiger charge is -2.11. The van der Waals surface area contributed by atoms with Crippen LogP contribution in [-0.4, -0.2) is 24.3 Å². The summed E-state index contributed by atoms with van der Waals surface area (Å²) in [4.78, 5) is 0. The van der Waals surface area contributed by atoms with Gasteiger partial charge < -0.3 is 14.6 Å². The molecular formula is C12H11B2FO3. The fraction of sp³-hybridized carbons (Fsp3) is 0. The summed E-state index contributed by atoms with van der Waals surface area (Å²) in [6.07, 6.45) is 0. The van der Waals surface area contributed by atoms with Crippen molar-refractivity contribution in [2.75, 3.05) is 0 Å². The lowest BCUT2D eigenvalue weighted by molar-refractivity contribution is 0.378. The lowest BCUT2D eigenvalue weighted by Crippen LogP contribution is -2.44. The molecule has 0 aliphatic rings. The van der Waals surface area contributed by atoms with Crippen molar-refractivity contribution in [2.45, 2.75) is 0 Å². The Hall–Kier alpha value is -1.62. The summed E-state index contributed by atoms with van der Waals surface area (Å²) in [6, 6.07) is 13.9. The van der Waals surface area contributed by atoms with Gasteiger partial charge in [0.2, 0.25) is 0 Å². The molecule has 0 saturated heterocycles. The zero-order chi connectivity index (χ0) is 13.0. The third-order valence-corrected chi connectivity index (χ3v) is 2.50. The molecule has 0 aromatic heterocycles. The van der Waals surface area contributed by atoms with E-state index in [2.05, 4.69) is 0 Å². The summed E-state index contributed by atoms with van der Waals surface area (Å²) >= 11 is 0. The average molecular weight is 244 g/mol. The molecule has 0 aliphatic heterocycles. The molecule has 0 amide bonds. The molecule has 0 bridgehead atoms. The molecule has 0 fully saturated rings. The highest BCUT2D eigenvalue weighted by molar-refractivity contribution is 6.73. The number of benzene rings is 2. The first kappa shape index (κ1) is 12.8. The van der Waals surface area contributed by atoms with Crippen LogP contribution in [0.1, 0.15) is 0 Å². The topological polar surface area (TPSA) is 49.7 Å². The summed E-state index contributed by atoms with van der Waals surface area (Å²) in [5, 5.41) is 19.5. The maximum atomic E-state index is 12.7. The molecule has 0 heterocycles. The minimum absolute atomic E-state index is 0.381. The van der Waals surface area contributed by atoms with Crippen LogP contribution in [0.3, 0.4) is 0 Å². The minimum Gasteiger partial charge on any atom is -0.443 e. The van der Waals surface area contributed by atoms with Crippen LogP contribution < -0.4 is 10.9 Å². The Bertz CT molecular complexity index is 492. The Morgan fingerprint density at radius 1 is 0.778 bits per heavy atom. The summed E-state index contributed by atoms with van der Waals surface area (Å²) < 4.78 is 17.8. The first-order chi connectivity index (χ1) is 8.66. The highest BCUT2D eigenvalue weighted by Crippen LogP contribution is 1.96. The molecule has 0 radical (unpaired) electrons. The largest absolute Gasteiger partial charge is 0.477 e. The predicted octanol–water partition coefficient (Wildman–Crippen LogP) is -0.0825. The van der Waals surface area contributed by atoms with Crippen molar-refractivity contribution in [2.24, 2.45) is 0 Å². The summed E-state index contributed by atoms with van der Waals surface area (Å²) in [7, 11) is -2.54. The van der Waals surface area contributed by atoms with Gasteiger partial charge in [-0.2, -0.15) is 0 Å². The smallest absolute Gasteiger partial charge is 0.443 e. The van der Waals surface area contributed by atoms with E-state index in [9.17, 15) is 14.4 Å². The SMILES string of the molecule is OB(OB(O)c1ccc(F)cc1)c1ccccc1. The van der Waals surface area contributed by atoms with Crippen LogP contribution in [0.4, 0.5) is 4.39 Å². The first-order valence-electron chi connectivity index (χ1n) is 5.49. The van der Waals surface area contributed by atoms with Crippen LogP contribution in [0.5, 0.6) is 0 Å². The Morgan fingerprint density at radius 2 is 1.28 bits per heavy atom. The number of rotatable bonds is 4. The maximum Gasteiger partial charge on any atom is 0.477 e. The van der Waals surface area contributed by atoms with Gasteiger partial charge in [-0.1, -0.05) is 42.5 Å². The van der Waals surface area contributed by atoms with E-state index in [0.29, 0.717) is 10.9 Å². The zero-order valence-electron chi connectivity index (χ0n) is 9.53. The van der Waals surface area contributed by atoms with Gasteiger partial charge in [-0.05, 0) is 23.1 Å². The van der Waals surface area contributed by atoms with Crippen molar-refractivity contribution in [1.82, 2.24) is 0 Å². The third kappa shape index (κ3) is 3.20. The van der Waals surface area contributed by atoms with Crippen LogP contribution in [0.25, 0.3) is 0 Å². The second kappa shape index (κ2) is 5.82. The predicted molar refractivity (Wildman–Crippen MR) is 69.1 cm³/mol. The number of hydrogen-bond donors (Lipinski definition) is 2. The summed E-state index contributed by atoms with van der Waals surface area (Å²) in [5.41, 5.74) is 0.921. The average Bonchev–Trinajstić information content (AvgIpc) is 2.40. The lowest BCUT2D eigenvalue weighted by atomic mass is 9.71. The monoisotopic (exact) mass is 244 g/mol. The molecule has 2 aromatic carbocycles. The van der Waals surface area contributed by atoms with Crippen molar-refractivity contribution in [3.8, 4) is 0 Å². The van der Waals surface area contributed by atoms with Crippen LogP contribution in [0.2, 0.25) is 0 Å². The van der Waals surface area contributed by atoms with Crippen molar-refractivity contribution in [3.05, 3.63) is 60.4 Å². The molecule has 0 unspecified atom stereocenters. The van der Waals surface area contributed by atoms with Gasteiger partial charge in [-0.3, -0.25) is 0 Å². The standard InChI is InChI=1S/C12H11B2FO3/c15-12-8-6-11(7-9-12)14(17)18-13(16)10-4-2-1-3-5-10/h1-9,16-17H. The molecule has 3 nitrogen and oxygen atoms in total. The molecular weight excluding hydrogens is 233 g/mol. The van der Waals surface area contributed by atoms with Crippen molar-refractivity contribution in [3.63, 3.8) is 0 Å². The Labute approximate surface area is 105 Å². The van der Waals surface area contributed by atoms with E-state index in [1.807, 2.05) is 6.07 Å². The van der Waals surface area contributed by atoms with E-state index >= 15 is 0 Å². The fourth-order valence-corrected chi connectivity index (χ4v) is 1.52. The molecule has 0 spiro atoms. The van der Waals surface area contributed by atoms with E-state index in [1.54, 1.807) is 24.3 Å². The van der Waals surface area contributed by atoms with Crippen LogP contribution in [-0.2, 0) is 4.57 Å². The highest BCUT2D eigenvalue weighted by Gasteiger charge is 2.25. The molecule has 2 rings (SSSR count). The van der Waals surface area contributed by atoms with Crippen molar-refractivity contribution >= 4 is 25.2 Å². The van der Waals surface area contributed by atoms with Gasteiger partial charge in [0.05, 0.1) is 0 Å². The van der Waals surface area contributed by atoms with Gasteiger partial charge >= 0.3 is 14.2 Å². The van der Waals surface area contributed by atoms with Crippen LogP contribution in [0, 0.1) is 5.82 Å². The van der Waals surface area contributed by atoms with E-state index in [1.165, 1.54) is 24.3 Å². The van der Waals surface area contributed by atoms with Gasteiger partial charge in [0.1, 0.15) is 5.82 Å². The minimum atomic E-state index is -1.30. The van der Waals surface area contributed by atoms with E-state index in [4.69, 9.17) is 4.57 Å². The van der Waals surface area contributed by atoms with Gasteiger partial charge in [-0.25, -0.2) is 4.39 Å². The molecule has 2 N–H and O–H groups in total.